The summed E-state index contributed by atoms with van der Waals surface area (Å²) in [5, 5.41) is 6.07. The first kappa shape index (κ1) is 19.6. The van der Waals surface area contributed by atoms with Crippen molar-refractivity contribution in [2.24, 2.45) is 0 Å². The predicted octanol–water partition coefficient (Wildman–Crippen LogP) is 2.27. The van der Waals surface area contributed by atoms with Crippen molar-refractivity contribution in [2.75, 3.05) is 43.6 Å². The summed E-state index contributed by atoms with van der Waals surface area (Å²) in [5.41, 5.74) is -0.306. The highest BCUT2D eigenvalue weighted by Gasteiger charge is 2.36. The SMILES string of the molecule is COC(=O)[C@](C)(NC(C)=O)Nc1c(Cl)cc(N2CCOCC2)cc1Cl. The van der Waals surface area contributed by atoms with Crippen molar-refractivity contribution in [1.29, 1.82) is 0 Å². The van der Waals surface area contributed by atoms with Crippen LogP contribution >= 0.6 is 23.2 Å². The monoisotopic (exact) mass is 389 g/mol. The Hall–Kier alpha value is -1.70. The molecule has 1 fully saturated rings. The van der Waals surface area contributed by atoms with Gasteiger partial charge in [-0.15, -0.1) is 0 Å². The molecule has 1 aliphatic heterocycles. The number of rotatable bonds is 5. The molecule has 7 nitrogen and oxygen atoms in total. The van der Waals surface area contributed by atoms with Crippen LogP contribution in [0.5, 0.6) is 0 Å². The Morgan fingerprint density at radius 3 is 2.28 bits per heavy atom. The van der Waals surface area contributed by atoms with E-state index in [1.54, 1.807) is 12.1 Å². The molecule has 1 amide bonds. The molecular weight excluding hydrogens is 369 g/mol. The minimum absolute atomic E-state index is 0.328. The first-order valence-electron chi connectivity index (χ1n) is 7.74. The van der Waals surface area contributed by atoms with E-state index in [-0.39, 0.29) is 0 Å². The van der Waals surface area contributed by atoms with Crippen LogP contribution in [0, 0.1) is 0 Å². The highest BCUT2D eigenvalue weighted by Crippen LogP contribution is 2.37. The summed E-state index contributed by atoms with van der Waals surface area (Å²) >= 11 is 12.7. The molecule has 0 unspecified atom stereocenters. The number of halogens is 2. The summed E-state index contributed by atoms with van der Waals surface area (Å²) in [6, 6.07) is 3.51. The number of carbonyl (C=O) groups excluding carboxylic acids is 2. The van der Waals surface area contributed by atoms with Crippen molar-refractivity contribution < 1.29 is 19.1 Å². The average Bonchev–Trinajstić information content (AvgIpc) is 2.57. The van der Waals surface area contributed by atoms with Gasteiger partial charge >= 0.3 is 5.97 Å². The lowest BCUT2D eigenvalue weighted by Gasteiger charge is -2.32. The zero-order valence-corrected chi connectivity index (χ0v) is 15.8. The maximum atomic E-state index is 12.1. The van der Waals surface area contributed by atoms with Crippen LogP contribution in [-0.2, 0) is 19.1 Å². The summed E-state index contributed by atoms with van der Waals surface area (Å²) in [7, 11) is 1.23. The molecule has 25 heavy (non-hydrogen) atoms. The summed E-state index contributed by atoms with van der Waals surface area (Å²) in [6.45, 7) is 5.53. The van der Waals surface area contributed by atoms with Crippen LogP contribution in [-0.4, -0.2) is 51.0 Å². The molecule has 0 saturated carbocycles. The molecule has 0 aliphatic carbocycles. The Kier molecular flexibility index (Phi) is 6.37. The summed E-state index contributed by atoms with van der Waals surface area (Å²) in [5.74, 6) is -1.08. The Bertz CT molecular complexity index is 642. The largest absolute Gasteiger partial charge is 0.466 e. The van der Waals surface area contributed by atoms with Crippen molar-refractivity contribution in [3.8, 4) is 0 Å². The van der Waals surface area contributed by atoms with E-state index >= 15 is 0 Å². The van der Waals surface area contributed by atoms with Crippen LogP contribution < -0.4 is 15.5 Å². The van der Waals surface area contributed by atoms with Gasteiger partial charge in [0, 0.05) is 25.7 Å². The number of ether oxygens (including phenoxy) is 2. The zero-order chi connectivity index (χ0) is 18.6. The molecule has 0 aromatic heterocycles. The number of carbonyl (C=O) groups is 2. The summed E-state index contributed by atoms with van der Waals surface area (Å²) in [4.78, 5) is 25.7. The third-order valence-corrected chi connectivity index (χ3v) is 4.39. The van der Waals surface area contributed by atoms with Gasteiger partial charge in [0.1, 0.15) is 0 Å². The Morgan fingerprint density at radius 2 is 1.80 bits per heavy atom. The normalized spacial score (nSPS) is 16.8. The van der Waals surface area contributed by atoms with Gasteiger partial charge in [-0.05, 0) is 19.1 Å². The van der Waals surface area contributed by atoms with E-state index in [0.29, 0.717) is 28.9 Å². The lowest BCUT2D eigenvalue weighted by Crippen LogP contribution is -2.58. The number of benzene rings is 1. The topological polar surface area (TPSA) is 79.9 Å². The molecule has 1 aliphatic rings. The van der Waals surface area contributed by atoms with E-state index in [1.807, 2.05) is 0 Å². The van der Waals surface area contributed by atoms with E-state index in [2.05, 4.69) is 15.5 Å². The second kappa shape index (κ2) is 8.12. The molecule has 1 saturated heterocycles. The number of esters is 1. The van der Waals surface area contributed by atoms with Gasteiger partial charge in [-0.3, -0.25) is 4.79 Å². The van der Waals surface area contributed by atoms with E-state index in [9.17, 15) is 9.59 Å². The first-order valence-corrected chi connectivity index (χ1v) is 8.49. The summed E-state index contributed by atoms with van der Waals surface area (Å²) < 4.78 is 10.1. The number of hydrogen-bond donors (Lipinski definition) is 2. The van der Waals surface area contributed by atoms with Crippen molar-refractivity contribution in [3.63, 3.8) is 0 Å². The van der Waals surface area contributed by atoms with Crippen LogP contribution in [0.1, 0.15) is 13.8 Å². The lowest BCUT2D eigenvalue weighted by atomic mass is 10.1. The van der Waals surface area contributed by atoms with Gasteiger partial charge in [-0.1, -0.05) is 23.2 Å². The molecule has 1 aromatic carbocycles. The minimum atomic E-state index is -1.51. The molecule has 2 N–H and O–H groups in total. The highest BCUT2D eigenvalue weighted by atomic mass is 35.5. The molecule has 9 heteroatoms. The van der Waals surface area contributed by atoms with Gasteiger partial charge in [0.25, 0.3) is 0 Å². The standard InChI is InChI=1S/C16H21Cl2N3O4/c1-10(22)19-16(2,15(23)24-3)20-14-12(17)8-11(9-13(14)18)21-4-6-25-7-5-21/h8-9,20H,4-7H2,1-3H3,(H,19,22)/t16-/m1/s1. The van der Waals surface area contributed by atoms with Gasteiger partial charge in [0.05, 0.1) is 36.1 Å². The van der Waals surface area contributed by atoms with E-state index in [4.69, 9.17) is 32.7 Å². The predicted molar refractivity (Wildman–Crippen MR) is 97.4 cm³/mol. The fourth-order valence-electron chi connectivity index (χ4n) is 2.62. The molecule has 0 bridgehead atoms. The fraction of sp³-hybridized carbons (Fsp3) is 0.500. The number of amides is 1. The molecule has 138 valence electrons. The molecule has 0 radical (unpaired) electrons. The van der Waals surface area contributed by atoms with E-state index < -0.39 is 17.5 Å². The van der Waals surface area contributed by atoms with Crippen molar-refractivity contribution in [2.45, 2.75) is 19.5 Å². The maximum absolute atomic E-state index is 12.1. The van der Waals surface area contributed by atoms with Crippen molar-refractivity contribution in [1.82, 2.24) is 5.32 Å². The van der Waals surface area contributed by atoms with Gasteiger partial charge < -0.3 is 25.0 Å². The van der Waals surface area contributed by atoms with Crippen LogP contribution in [0.4, 0.5) is 11.4 Å². The molecule has 1 atom stereocenters. The third kappa shape index (κ3) is 4.68. The number of morpholine rings is 1. The first-order chi connectivity index (χ1) is 11.8. The minimum Gasteiger partial charge on any atom is -0.466 e. The molecule has 0 spiro atoms. The maximum Gasteiger partial charge on any atom is 0.352 e. The second-order valence-corrected chi connectivity index (χ2v) is 6.62. The Balaban J connectivity index is 2.31. The van der Waals surface area contributed by atoms with E-state index in [1.165, 1.54) is 21.0 Å². The molecular formula is C16H21Cl2N3O4. The number of nitrogens with one attached hydrogen (secondary N) is 2. The van der Waals surface area contributed by atoms with Gasteiger partial charge in [-0.25, -0.2) is 4.79 Å². The number of nitrogens with zero attached hydrogens (tertiary/aromatic N) is 1. The zero-order valence-electron chi connectivity index (χ0n) is 14.3. The van der Waals surface area contributed by atoms with Gasteiger partial charge in [0.2, 0.25) is 11.6 Å². The van der Waals surface area contributed by atoms with Gasteiger partial charge in [0.15, 0.2) is 0 Å². The second-order valence-electron chi connectivity index (χ2n) is 5.81. The van der Waals surface area contributed by atoms with E-state index in [0.717, 1.165) is 18.8 Å². The fourth-order valence-corrected chi connectivity index (χ4v) is 3.19. The smallest absolute Gasteiger partial charge is 0.352 e. The number of methoxy groups -OCH3 is 1. The van der Waals surface area contributed by atoms with Gasteiger partial charge in [-0.2, -0.15) is 0 Å². The lowest BCUT2D eigenvalue weighted by molar-refractivity contribution is -0.148. The Labute approximate surface area is 156 Å². The van der Waals surface area contributed by atoms with Crippen LogP contribution in [0.25, 0.3) is 0 Å². The quantitative estimate of drug-likeness (QED) is 0.593. The molecule has 1 heterocycles. The summed E-state index contributed by atoms with van der Waals surface area (Å²) in [6.07, 6.45) is 0. The number of hydrogen-bond acceptors (Lipinski definition) is 6. The van der Waals surface area contributed by atoms with Crippen LogP contribution in [0.2, 0.25) is 10.0 Å². The van der Waals surface area contributed by atoms with Crippen LogP contribution in [0.15, 0.2) is 12.1 Å². The average molecular weight is 390 g/mol. The van der Waals surface area contributed by atoms with Crippen molar-refractivity contribution in [3.05, 3.63) is 22.2 Å². The Morgan fingerprint density at radius 1 is 1.24 bits per heavy atom. The molecule has 2 rings (SSSR count). The highest BCUT2D eigenvalue weighted by molar-refractivity contribution is 6.39. The van der Waals surface area contributed by atoms with Crippen molar-refractivity contribution >= 4 is 46.5 Å². The van der Waals surface area contributed by atoms with Crippen LogP contribution in [0.3, 0.4) is 0 Å². The number of anilines is 2. The molecule has 1 aromatic rings. The third-order valence-electron chi connectivity index (χ3n) is 3.80.